The van der Waals surface area contributed by atoms with Crippen molar-refractivity contribution in [3.8, 4) is 0 Å². The summed E-state index contributed by atoms with van der Waals surface area (Å²) in [5.74, 6) is -1.98. The predicted octanol–water partition coefficient (Wildman–Crippen LogP) is 1.49. The van der Waals surface area contributed by atoms with E-state index in [4.69, 9.17) is 5.73 Å². The molecule has 2 heterocycles. The smallest absolute Gasteiger partial charge is 0.337 e. The number of carboxylic acids is 1. The first-order valence-corrected chi connectivity index (χ1v) is 11.6. The zero-order chi connectivity index (χ0) is 21.2. The number of carbonyl (C=O) groups is 3. The first-order valence-electron chi connectivity index (χ1n) is 9.97. The minimum Gasteiger partial charge on any atom is -0.479 e. The van der Waals surface area contributed by atoms with Crippen LogP contribution in [0.5, 0.6) is 0 Å². The van der Waals surface area contributed by atoms with E-state index in [2.05, 4.69) is 0 Å². The minimum atomic E-state index is -2.73. The molecule has 4 atom stereocenters. The van der Waals surface area contributed by atoms with Crippen LogP contribution in [-0.4, -0.2) is 63.1 Å². The van der Waals surface area contributed by atoms with Crippen LogP contribution in [0, 0.1) is 0 Å². The van der Waals surface area contributed by atoms with Gasteiger partial charge in [-0.3, -0.25) is 9.59 Å². The van der Waals surface area contributed by atoms with E-state index in [0.29, 0.717) is 25.8 Å². The van der Waals surface area contributed by atoms with Gasteiger partial charge in [0.05, 0.1) is 6.04 Å². The van der Waals surface area contributed by atoms with Gasteiger partial charge in [-0.25, -0.2) is 4.79 Å². The lowest BCUT2D eigenvalue weighted by atomic mass is 10.1. The summed E-state index contributed by atoms with van der Waals surface area (Å²) in [6, 6.07) is 7.60. The number of nitrogens with two attached hydrogens (primary N) is 1. The highest BCUT2D eigenvalue weighted by Crippen LogP contribution is 2.51. The van der Waals surface area contributed by atoms with Gasteiger partial charge in [-0.1, -0.05) is 30.3 Å². The Morgan fingerprint density at radius 1 is 1.24 bits per heavy atom. The average Bonchev–Trinajstić information content (AvgIpc) is 3.35. The highest BCUT2D eigenvalue weighted by Gasteiger charge is 2.56. The molecule has 3 N–H and O–H groups in total. The zero-order valence-electron chi connectivity index (χ0n) is 16.5. The van der Waals surface area contributed by atoms with Gasteiger partial charge in [0.1, 0.15) is 13.8 Å². The topological polar surface area (TPSA) is 121 Å². The molecular weight excluding hydrogens is 393 g/mol. The summed E-state index contributed by atoms with van der Waals surface area (Å²) in [6.07, 6.45) is 1.86. The average molecular weight is 421 g/mol. The Kier molecular flexibility index (Phi) is 6.44. The lowest BCUT2D eigenvalue weighted by molar-refractivity contribution is -0.154. The van der Waals surface area contributed by atoms with Crippen molar-refractivity contribution < 1.29 is 24.1 Å². The summed E-state index contributed by atoms with van der Waals surface area (Å²) >= 11 is 0. The van der Waals surface area contributed by atoms with E-state index >= 15 is 0 Å². The third-order valence-electron chi connectivity index (χ3n) is 5.88. The van der Waals surface area contributed by atoms with Crippen LogP contribution in [0.4, 0.5) is 0 Å². The maximum absolute atomic E-state index is 13.4. The Balaban J connectivity index is 1.88. The lowest BCUT2D eigenvalue weighted by Crippen LogP contribution is -2.57. The van der Waals surface area contributed by atoms with E-state index in [1.54, 1.807) is 19.1 Å². The Morgan fingerprint density at radius 3 is 2.55 bits per heavy atom. The summed E-state index contributed by atoms with van der Waals surface area (Å²) in [5, 5.41) is 8.36. The van der Waals surface area contributed by atoms with Gasteiger partial charge in [0, 0.05) is 19.3 Å². The molecule has 0 saturated carbocycles. The molecule has 2 amide bonds. The van der Waals surface area contributed by atoms with E-state index in [-0.39, 0.29) is 25.0 Å². The fraction of sp³-hybridized carbons (Fsp3) is 0.550. The number of hydrogen-bond donors (Lipinski definition) is 2. The molecule has 29 heavy (non-hydrogen) atoms. The van der Waals surface area contributed by atoms with Crippen molar-refractivity contribution in [1.29, 1.82) is 0 Å². The van der Waals surface area contributed by atoms with Gasteiger partial charge in [0.15, 0.2) is 5.28 Å². The summed E-state index contributed by atoms with van der Waals surface area (Å²) < 4.78 is 13.3. The second kappa shape index (κ2) is 8.67. The van der Waals surface area contributed by atoms with Crippen LogP contribution < -0.4 is 5.73 Å². The third kappa shape index (κ3) is 3.96. The summed E-state index contributed by atoms with van der Waals surface area (Å²) in [7, 11) is -2.73. The number of carboxylic acid groups (broad SMARTS) is 1. The number of hydrogen-bond acceptors (Lipinski definition) is 5. The summed E-state index contributed by atoms with van der Waals surface area (Å²) in [5.41, 5.74) is 6.50. The number of benzene rings is 1. The second-order valence-electron chi connectivity index (χ2n) is 7.82. The van der Waals surface area contributed by atoms with E-state index in [1.807, 2.05) is 18.2 Å². The van der Waals surface area contributed by atoms with Crippen molar-refractivity contribution in [1.82, 2.24) is 9.80 Å². The van der Waals surface area contributed by atoms with Crippen LogP contribution in [0.3, 0.4) is 0 Å². The highest BCUT2D eigenvalue weighted by molar-refractivity contribution is 7.47. The molecule has 0 radical (unpaired) electrons. The summed E-state index contributed by atoms with van der Waals surface area (Å²) in [6.45, 7) is 2.22. The molecule has 1 aromatic rings. The van der Waals surface area contributed by atoms with E-state index in [1.165, 1.54) is 9.80 Å². The predicted molar refractivity (Wildman–Crippen MR) is 109 cm³/mol. The molecule has 2 fully saturated rings. The van der Waals surface area contributed by atoms with Gasteiger partial charge in [-0.15, -0.1) is 0 Å². The first kappa shape index (κ1) is 21.5. The Labute approximate surface area is 170 Å². The van der Waals surface area contributed by atoms with Crippen molar-refractivity contribution in [2.45, 2.75) is 56.1 Å². The van der Waals surface area contributed by atoms with Gasteiger partial charge in [-0.05, 0) is 38.2 Å². The quantitative estimate of drug-likeness (QED) is 0.672. The molecule has 0 bridgehead atoms. The molecule has 0 aliphatic carbocycles. The van der Waals surface area contributed by atoms with Gasteiger partial charge in [-0.2, -0.15) is 0 Å². The number of aliphatic carboxylic acids is 1. The monoisotopic (exact) mass is 421 g/mol. The van der Waals surface area contributed by atoms with Gasteiger partial charge >= 0.3 is 5.97 Å². The van der Waals surface area contributed by atoms with Gasteiger partial charge in [0.2, 0.25) is 11.8 Å². The molecule has 2 saturated heterocycles. The van der Waals surface area contributed by atoms with Crippen LogP contribution in [0.2, 0.25) is 0 Å². The van der Waals surface area contributed by atoms with Crippen LogP contribution in [0.1, 0.15) is 38.2 Å². The molecule has 1 unspecified atom stereocenters. The molecular formula is C20H28N3O5P. The van der Waals surface area contributed by atoms with Crippen molar-refractivity contribution in [2.24, 2.45) is 5.73 Å². The fourth-order valence-corrected chi connectivity index (χ4v) is 6.52. The number of carbonyl (C=O) groups excluding carboxylic acids is 2. The molecule has 3 rings (SSSR count). The molecule has 158 valence electrons. The minimum absolute atomic E-state index is 0.120. The van der Waals surface area contributed by atoms with Crippen molar-refractivity contribution in [3.05, 3.63) is 35.9 Å². The van der Waals surface area contributed by atoms with Crippen molar-refractivity contribution >= 4 is 25.6 Å². The molecule has 2 aliphatic heterocycles. The Bertz CT molecular complexity index is 816. The van der Waals surface area contributed by atoms with Crippen LogP contribution >= 0.6 is 7.80 Å². The van der Waals surface area contributed by atoms with E-state index < -0.39 is 37.0 Å². The largest absolute Gasteiger partial charge is 0.479 e. The molecule has 0 aromatic heterocycles. The van der Waals surface area contributed by atoms with Crippen LogP contribution in [-0.2, 0) is 25.1 Å². The SMILES string of the molecule is C[C@H](N)C(=O)N1CCC[C@H]1C(=O)N1CCC[C@]1(C(=O)O)[PH](=O)Cc1ccccc1. The van der Waals surface area contributed by atoms with Crippen molar-refractivity contribution in [2.75, 3.05) is 13.1 Å². The number of nitrogens with zero attached hydrogens (tertiary/aromatic N) is 2. The van der Waals surface area contributed by atoms with Crippen LogP contribution in [0.15, 0.2) is 30.3 Å². The normalized spacial score (nSPS) is 26.3. The number of rotatable bonds is 6. The number of amides is 2. The van der Waals surface area contributed by atoms with E-state index in [0.717, 1.165) is 5.56 Å². The maximum Gasteiger partial charge on any atom is 0.337 e. The maximum atomic E-state index is 13.4. The van der Waals surface area contributed by atoms with Gasteiger partial charge in [0.25, 0.3) is 0 Å². The molecule has 0 spiro atoms. The highest BCUT2D eigenvalue weighted by atomic mass is 31.1. The molecule has 2 aliphatic rings. The van der Waals surface area contributed by atoms with E-state index in [9.17, 15) is 24.1 Å². The fourth-order valence-electron chi connectivity index (χ4n) is 4.40. The molecule has 1 aromatic carbocycles. The van der Waals surface area contributed by atoms with Crippen LogP contribution in [0.25, 0.3) is 0 Å². The Hall–Kier alpha value is -2.18. The first-order chi connectivity index (χ1) is 13.8. The standard InChI is InChI=1S/C20H28N3O5P/c1-14(21)17(24)22-11-5-9-16(22)18(25)23-12-6-10-20(23,19(26)27)29(28)13-15-7-3-2-4-8-15/h2-4,7-8,14,16,29H,5-6,9-13,21H2,1H3,(H,26,27)/t14-,16-,20+/m0/s1. The summed E-state index contributed by atoms with van der Waals surface area (Å²) in [4.78, 5) is 40.8. The Morgan fingerprint density at radius 2 is 1.93 bits per heavy atom. The third-order valence-corrected chi connectivity index (χ3v) is 8.27. The molecule has 9 heteroatoms. The number of likely N-dealkylation sites (tertiary alicyclic amines) is 2. The zero-order valence-corrected chi connectivity index (χ0v) is 17.5. The van der Waals surface area contributed by atoms with Crippen molar-refractivity contribution in [3.63, 3.8) is 0 Å². The van der Waals surface area contributed by atoms with Gasteiger partial charge < -0.3 is 25.2 Å². The lowest BCUT2D eigenvalue weighted by Gasteiger charge is -2.37. The second-order valence-corrected chi connectivity index (χ2v) is 9.85. The molecule has 8 nitrogen and oxygen atoms in total.